The fourth-order valence-corrected chi connectivity index (χ4v) is 2.84. The summed E-state index contributed by atoms with van der Waals surface area (Å²) in [6.45, 7) is 2.62. The van der Waals surface area contributed by atoms with E-state index >= 15 is 0 Å². The third-order valence-electron chi connectivity index (χ3n) is 3.36. The third kappa shape index (κ3) is 3.65. The molecule has 23 heavy (non-hydrogen) atoms. The number of thioether (sulfide) groups is 1. The van der Waals surface area contributed by atoms with Crippen LogP contribution in [0.3, 0.4) is 0 Å². The highest BCUT2D eigenvalue weighted by Crippen LogP contribution is 2.22. The van der Waals surface area contributed by atoms with Gasteiger partial charge in [-0.1, -0.05) is 60.3 Å². The van der Waals surface area contributed by atoms with Gasteiger partial charge in [-0.05, 0) is 18.6 Å². The van der Waals surface area contributed by atoms with Gasteiger partial charge in [0, 0.05) is 11.3 Å². The summed E-state index contributed by atoms with van der Waals surface area (Å²) in [6.07, 6.45) is 0. The number of ether oxygens (including phenoxy) is 1. The molecular formula is C17H18N4OS. The van der Waals surface area contributed by atoms with Gasteiger partial charge >= 0.3 is 0 Å². The van der Waals surface area contributed by atoms with Crippen LogP contribution in [0, 0.1) is 6.92 Å². The molecule has 0 aliphatic carbocycles. The molecule has 0 bridgehead atoms. The standard InChI is InChI=1S/C17H18N4OS/c1-13-7-5-6-10-15(13)22-11-12-23-17-20-19-16(21(17)18)14-8-3-2-4-9-14/h2-10H,11-12,18H2,1H3. The number of hydrogen-bond donors (Lipinski definition) is 1. The SMILES string of the molecule is Cc1ccccc1OCCSc1nnc(-c2ccccc2)n1N. The number of nitrogens with two attached hydrogens (primary N) is 1. The van der Waals surface area contributed by atoms with Crippen molar-refractivity contribution in [2.45, 2.75) is 12.1 Å². The molecule has 1 heterocycles. The predicted molar refractivity (Wildman–Crippen MR) is 93.0 cm³/mol. The minimum Gasteiger partial charge on any atom is -0.492 e. The van der Waals surface area contributed by atoms with Gasteiger partial charge in [-0.25, -0.2) is 4.68 Å². The van der Waals surface area contributed by atoms with Gasteiger partial charge in [0.25, 0.3) is 0 Å². The monoisotopic (exact) mass is 326 g/mol. The van der Waals surface area contributed by atoms with Gasteiger partial charge < -0.3 is 10.6 Å². The Bertz CT molecular complexity index is 773. The van der Waals surface area contributed by atoms with Crippen molar-refractivity contribution < 1.29 is 4.74 Å². The van der Waals surface area contributed by atoms with Crippen molar-refractivity contribution in [3.8, 4) is 17.1 Å². The Labute approximate surface area is 139 Å². The van der Waals surface area contributed by atoms with Crippen molar-refractivity contribution >= 4 is 11.8 Å². The molecule has 2 N–H and O–H groups in total. The van der Waals surface area contributed by atoms with Crippen LogP contribution in [0.5, 0.6) is 5.75 Å². The number of nitrogen functional groups attached to an aromatic ring is 1. The van der Waals surface area contributed by atoms with Gasteiger partial charge in [0.15, 0.2) is 5.82 Å². The third-order valence-corrected chi connectivity index (χ3v) is 4.27. The quantitative estimate of drug-likeness (QED) is 0.428. The second kappa shape index (κ2) is 7.19. The first-order valence-electron chi connectivity index (χ1n) is 7.33. The number of rotatable bonds is 6. The van der Waals surface area contributed by atoms with E-state index in [0.29, 0.717) is 17.6 Å². The van der Waals surface area contributed by atoms with Crippen LogP contribution in [-0.2, 0) is 0 Å². The lowest BCUT2D eigenvalue weighted by Gasteiger charge is -2.08. The van der Waals surface area contributed by atoms with Crippen LogP contribution in [0.25, 0.3) is 11.4 Å². The molecule has 0 fully saturated rings. The van der Waals surface area contributed by atoms with E-state index in [1.165, 1.54) is 16.4 Å². The largest absolute Gasteiger partial charge is 0.492 e. The molecule has 2 aromatic carbocycles. The van der Waals surface area contributed by atoms with Crippen molar-refractivity contribution in [2.24, 2.45) is 0 Å². The van der Waals surface area contributed by atoms with E-state index in [1.54, 1.807) is 0 Å². The van der Waals surface area contributed by atoms with Crippen LogP contribution in [0.2, 0.25) is 0 Å². The minimum absolute atomic E-state index is 0.586. The Balaban J connectivity index is 1.57. The van der Waals surface area contributed by atoms with Crippen molar-refractivity contribution in [3.63, 3.8) is 0 Å². The molecule has 0 amide bonds. The molecule has 0 atom stereocenters. The average Bonchev–Trinajstić information content (AvgIpc) is 2.95. The topological polar surface area (TPSA) is 66.0 Å². The molecule has 0 spiro atoms. The van der Waals surface area contributed by atoms with Crippen LogP contribution >= 0.6 is 11.8 Å². The molecule has 5 nitrogen and oxygen atoms in total. The van der Waals surface area contributed by atoms with E-state index in [4.69, 9.17) is 10.6 Å². The normalized spacial score (nSPS) is 10.7. The Morgan fingerprint density at radius 2 is 1.78 bits per heavy atom. The zero-order valence-corrected chi connectivity index (χ0v) is 13.7. The number of benzene rings is 2. The lowest BCUT2D eigenvalue weighted by Crippen LogP contribution is -2.12. The van der Waals surface area contributed by atoms with Gasteiger partial charge in [0.2, 0.25) is 5.16 Å². The van der Waals surface area contributed by atoms with Crippen LogP contribution in [0.15, 0.2) is 59.8 Å². The number of para-hydroxylation sites is 1. The molecule has 0 saturated carbocycles. The summed E-state index contributed by atoms with van der Waals surface area (Å²) in [5.74, 6) is 8.40. The van der Waals surface area contributed by atoms with Crippen molar-refractivity contribution in [1.82, 2.24) is 14.9 Å². The van der Waals surface area contributed by atoms with E-state index in [0.717, 1.165) is 22.6 Å². The van der Waals surface area contributed by atoms with Crippen molar-refractivity contribution in [1.29, 1.82) is 0 Å². The maximum atomic E-state index is 6.08. The predicted octanol–water partition coefficient (Wildman–Crippen LogP) is 3.14. The molecule has 0 aliphatic rings. The highest BCUT2D eigenvalue weighted by molar-refractivity contribution is 7.99. The Morgan fingerprint density at radius 3 is 2.57 bits per heavy atom. The maximum Gasteiger partial charge on any atom is 0.210 e. The van der Waals surface area contributed by atoms with Crippen LogP contribution in [-0.4, -0.2) is 27.2 Å². The fourth-order valence-electron chi connectivity index (χ4n) is 2.16. The molecule has 6 heteroatoms. The summed E-state index contributed by atoms with van der Waals surface area (Å²) < 4.78 is 7.29. The lowest BCUT2D eigenvalue weighted by molar-refractivity contribution is 0.341. The number of hydrogen-bond acceptors (Lipinski definition) is 5. The molecule has 0 aliphatic heterocycles. The van der Waals surface area contributed by atoms with E-state index in [2.05, 4.69) is 10.2 Å². The average molecular weight is 326 g/mol. The summed E-state index contributed by atoms with van der Waals surface area (Å²) >= 11 is 1.53. The second-order valence-electron chi connectivity index (χ2n) is 5.00. The highest BCUT2D eigenvalue weighted by atomic mass is 32.2. The Morgan fingerprint density at radius 1 is 1.04 bits per heavy atom. The molecular weight excluding hydrogens is 308 g/mol. The zero-order valence-electron chi connectivity index (χ0n) is 12.8. The van der Waals surface area contributed by atoms with Gasteiger partial charge in [0.1, 0.15) is 5.75 Å². The summed E-state index contributed by atoms with van der Waals surface area (Å²) in [5, 5.41) is 8.99. The summed E-state index contributed by atoms with van der Waals surface area (Å²) in [7, 11) is 0. The van der Waals surface area contributed by atoms with E-state index in [1.807, 2.05) is 61.5 Å². The first-order valence-corrected chi connectivity index (χ1v) is 8.31. The summed E-state index contributed by atoms with van der Waals surface area (Å²) in [5.41, 5.74) is 2.08. The van der Waals surface area contributed by atoms with Gasteiger partial charge in [-0.15, -0.1) is 10.2 Å². The van der Waals surface area contributed by atoms with Crippen molar-refractivity contribution in [3.05, 3.63) is 60.2 Å². The molecule has 0 unspecified atom stereocenters. The molecule has 3 aromatic rings. The first-order chi connectivity index (χ1) is 11.3. The summed E-state index contributed by atoms with van der Waals surface area (Å²) in [4.78, 5) is 0. The van der Waals surface area contributed by atoms with Crippen molar-refractivity contribution in [2.75, 3.05) is 18.2 Å². The molecule has 0 saturated heterocycles. The number of aryl methyl sites for hydroxylation is 1. The molecule has 118 valence electrons. The highest BCUT2D eigenvalue weighted by Gasteiger charge is 2.11. The second-order valence-corrected chi connectivity index (χ2v) is 6.07. The summed E-state index contributed by atoms with van der Waals surface area (Å²) in [6, 6.07) is 17.8. The van der Waals surface area contributed by atoms with Gasteiger partial charge in [0.05, 0.1) is 6.61 Å². The zero-order chi connectivity index (χ0) is 16.1. The van der Waals surface area contributed by atoms with E-state index < -0.39 is 0 Å². The minimum atomic E-state index is 0.586. The van der Waals surface area contributed by atoms with E-state index in [9.17, 15) is 0 Å². The van der Waals surface area contributed by atoms with Crippen LogP contribution in [0.1, 0.15) is 5.56 Å². The lowest BCUT2D eigenvalue weighted by atomic mass is 10.2. The number of aromatic nitrogens is 3. The maximum absolute atomic E-state index is 6.08. The molecule has 0 radical (unpaired) electrons. The van der Waals surface area contributed by atoms with Crippen LogP contribution in [0.4, 0.5) is 0 Å². The molecule has 3 rings (SSSR count). The molecule has 1 aromatic heterocycles. The number of nitrogens with zero attached hydrogens (tertiary/aromatic N) is 3. The Kier molecular flexibility index (Phi) is 4.83. The van der Waals surface area contributed by atoms with Gasteiger partial charge in [-0.2, -0.15) is 0 Å². The smallest absolute Gasteiger partial charge is 0.210 e. The first kappa shape index (κ1) is 15.4. The van der Waals surface area contributed by atoms with Crippen LogP contribution < -0.4 is 10.6 Å². The fraction of sp³-hybridized carbons (Fsp3) is 0.176. The van der Waals surface area contributed by atoms with E-state index in [-0.39, 0.29) is 0 Å². The Hall–Kier alpha value is -2.47. The van der Waals surface area contributed by atoms with Gasteiger partial charge in [-0.3, -0.25) is 0 Å².